The van der Waals surface area contributed by atoms with Gasteiger partial charge in [0, 0.05) is 11.6 Å². The Balaban J connectivity index is 1.82. The van der Waals surface area contributed by atoms with Gasteiger partial charge >= 0.3 is 5.97 Å². The number of hydrogen-bond acceptors (Lipinski definition) is 3. The Kier molecular flexibility index (Phi) is 2.74. The highest BCUT2D eigenvalue weighted by atomic mass is 16.5. The summed E-state index contributed by atoms with van der Waals surface area (Å²) in [5, 5.41) is 1.13. The predicted molar refractivity (Wildman–Crippen MR) is 69.2 cm³/mol. The number of fused-ring (bicyclic) bond motifs is 1. The first-order chi connectivity index (χ1) is 8.79. The molecule has 1 aromatic heterocycles. The van der Waals surface area contributed by atoms with Crippen LogP contribution in [-0.4, -0.2) is 17.6 Å². The van der Waals surface area contributed by atoms with Crippen LogP contribution in [0.3, 0.4) is 0 Å². The highest BCUT2D eigenvalue weighted by Crippen LogP contribution is 2.48. The number of pyridine rings is 1. The van der Waals surface area contributed by atoms with Crippen LogP contribution in [0.4, 0.5) is 0 Å². The van der Waals surface area contributed by atoms with E-state index >= 15 is 0 Å². The molecule has 0 aliphatic heterocycles. The van der Waals surface area contributed by atoms with Crippen LogP contribution in [0.1, 0.15) is 24.8 Å². The van der Waals surface area contributed by atoms with E-state index in [1.165, 1.54) is 5.56 Å². The number of aromatic nitrogens is 1. The van der Waals surface area contributed by atoms with Crippen LogP contribution in [0, 0.1) is 5.92 Å². The summed E-state index contributed by atoms with van der Waals surface area (Å²) in [6.07, 6.45) is 2.69. The summed E-state index contributed by atoms with van der Waals surface area (Å²) >= 11 is 0. The minimum atomic E-state index is -0.0661. The molecular formula is C15H15NO2. The molecule has 2 aromatic rings. The normalized spacial score (nSPS) is 21.8. The van der Waals surface area contributed by atoms with Gasteiger partial charge in [0.2, 0.25) is 0 Å². The van der Waals surface area contributed by atoms with Crippen molar-refractivity contribution >= 4 is 16.9 Å². The molecule has 0 N–H and O–H groups in total. The van der Waals surface area contributed by atoms with E-state index in [9.17, 15) is 4.79 Å². The van der Waals surface area contributed by atoms with Crippen molar-refractivity contribution in [3.05, 3.63) is 42.1 Å². The van der Waals surface area contributed by atoms with Crippen molar-refractivity contribution in [2.24, 2.45) is 5.92 Å². The summed E-state index contributed by atoms with van der Waals surface area (Å²) in [7, 11) is 0. The third-order valence-corrected chi connectivity index (χ3v) is 3.44. The summed E-state index contributed by atoms with van der Waals surface area (Å²) in [5.74, 6) is 0.296. The number of ether oxygens (including phenoxy) is 1. The topological polar surface area (TPSA) is 39.2 Å². The summed E-state index contributed by atoms with van der Waals surface area (Å²) < 4.78 is 5.05. The Morgan fingerprint density at radius 1 is 1.44 bits per heavy atom. The SMILES string of the molecule is CCOC(=O)[C@@H]1C[C@H]1c1ccc2cccnc2c1. The van der Waals surface area contributed by atoms with Crippen molar-refractivity contribution < 1.29 is 9.53 Å². The van der Waals surface area contributed by atoms with E-state index in [0.717, 1.165) is 17.3 Å². The Labute approximate surface area is 106 Å². The Hall–Kier alpha value is -1.90. The number of carbonyl (C=O) groups is 1. The van der Waals surface area contributed by atoms with E-state index in [2.05, 4.69) is 23.2 Å². The Morgan fingerprint density at radius 3 is 3.17 bits per heavy atom. The molecule has 0 spiro atoms. The van der Waals surface area contributed by atoms with E-state index in [0.29, 0.717) is 12.5 Å². The number of nitrogens with zero attached hydrogens (tertiary/aromatic N) is 1. The molecule has 1 aliphatic rings. The zero-order chi connectivity index (χ0) is 12.5. The number of rotatable bonds is 3. The molecule has 0 unspecified atom stereocenters. The zero-order valence-electron chi connectivity index (χ0n) is 10.3. The Morgan fingerprint density at radius 2 is 2.33 bits per heavy atom. The monoisotopic (exact) mass is 241 g/mol. The van der Waals surface area contributed by atoms with Crippen molar-refractivity contribution in [2.75, 3.05) is 6.61 Å². The van der Waals surface area contributed by atoms with Crippen LogP contribution in [0.25, 0.3) is 10.9 Å². The van der Waals surface area contributed by atoms with Crippen LogP contribution < -0.4 is 0 Å². The molecule has 0 bridgehead atoms. The van der Waals surface area contributed by atoms with Gasteiger partial charge in [0.15, 0.2) is 0 Å². The van der Waals surface area contributed by atoms with Gasteiger partial charge in [-0.1, -0.05) is 18.2 Å². The van der Waals surface area contributed by atoms with Gasteiger partial charge in [-0.05, 0) is 37.0 Å². The number of hydrogen-bond donors (Lipinski definition) is 0. The quantitative estimate of drug-likeness (QED) is 0.776. The van der Waals surface area contributed by atoms with E-state index in [-0.39, 0.29) is 11.9 Å². The molecule has 1 aliphatic carbocycles. The second kappa shape index (κ2) is 4.41. The average molecular weight is 241 g/mol. The Bertz CT molecular complexity index is 594. The molecule has 3 rings (SSSR count). The third kappa shape index (κ3) is 1.96. The maximum atomic E-state index is 11.6. The zero-order valence-corrected chi connectivity index (χ0v) is 10.3. The molecule has 1 fully saturated rings. The molecule has 2 atom stereocenters. The molecule has 92 valence electrons. The largest absolute Gasteiger partial charge is 0.466 e. The van der Waals surface area contributed by atoms with Crippen molar-refractivity contribution in [3.8, 4) is 0 Å². The van der Waals surface area contributed by atoms with Crippen molar-refractivity contribution in [1.29, 1.82) is 0 Å². The maximum absolute atomic E-state index is 11.6. The molecular weight excluding hydrogens is 226 g/mol. The maximum Gasteiger partial charge on any atom is 0.309 e. The molecule has 0 saturated heterocycles. The van der Waals surface area contributed by atoms with E-state index < -0.39 is 0 Å². The van der Waals surface area contributed by atoms with E-state index in [1.54, 1.807) is 6.20 Å². The molecule has 1 heterocycles. The molecule has 1 aromatic carbocycles. The fourth-order valence-corrected chi connectivity index (χ4v) is 2.39. The standard InChI is InChI=1S/C15H15NO2/c1-2-18-15(17)13-9-12(13)11-6-5-10-4-3-7-16-14(10)8-11/h3-8,12-13H,2,9H2,1H3/t12-,13+/m0/s1. The number of benzene rings is 1. The second-order valence-corrected chi connectivity index (χ2v) is 4.66. The van der Waals surface area contributed by atoms with Gasteiger partial charge in [-0.15, -0.1) is 0 Å². The summed E-state index contributed by atoms with van der Waals surface area (Å²) in [6, 6.07) is 10.2. The lowest BCUT2D eigenvalue weighted by molar-refractivity contribution is -0.144. The highest BCUT2D eigenvalue weighted by Gasteiger charge is 2.45. The smallest absolute Gasteiger partial charge is 0.309 e. The van der Waals surface area contributed by atoms with Crippen LogP contribution in [0.15, 0.2) is 36.5 Å². The molecule has 3 nitrogen and oxygen atoms in total. The van der Waals surface area contributed by atoms with Crippen LogP contribution >= 0.6 is 0 Å². The minimum Gasteiger partial charge on any atom is -0.466 e. The van der Waals surface area contributed by atoms with Gasteiger partial charge in [-0.2, -0.15) is 0 Å². The molecule has 0 amide bonds. The molecule has 0 radical (unpaired) electrons. The number of esters is 1. The van der Waals surface area contributed by atoms with Crippen LogP contribution in [0.2, 0.25) is 0 Å². The first-order valence-corrected chi connectivity index (χ1v) is 6.31. The molecule has 1 saturated carbocycles. The van der Waals surface area contributed by atoms with Gasteiger partial charge in [-0.25, -0.2) is 0 Å². The second-order valence-electron chi connectivity index (χ2n) is 4.66. The fraction of sp³-hybridized carbons (Fsp3) is 0.333. The lowest BCUT2D eigenvalue weighted by Gasteiger charge is -2.03. The van der Waals surface area contributed by atoms with E-state index in [1.807, 2.05) is 19.1 Å². The summed E-state index contributed by atoms with van der Waals surface area (Å²) in [4.78, 5) is 16.0. The molecule has 3 heteroatoms. The first kappa shape index (κ1) is 11.2. The number of carbonyl (C=O) groups excluding carboxylic acids is 1. The lowest BCUT2D eigenvalue weighted by Crippen LogP contribution is -2.07. The fourth-order valence-electron chi connectivity index (χ4n) is 2.39. The van der Waals surface area contributed by atoms with Gasteiger partial charge in [0.05, 0.1) is 18.0 Å². The summed E-state index contributed by atoms with van der Waals surface area (Å²) in [5.41, 5.74) is 2.18. The van der Waals surface area contributed by atoms with Crippen molar-refractivity contribution in [3.63, 3.8) is 0 Å². The van der Waals surface area contributed by atoms with E-state index in [4.69, 9.17) is 4.74 Å². The van der Waals surface area contributed by atoms with Gasteiger partial charge < -0.3 is 4.74 Å². The lowest BCUT2D eigenvalue weighted by atomic mass is 10.1. The third-order valence-electron chi connectivity index (χ3n) is 3.44. The summed E-state index contributed by atoms with van der Waals surface area (Å²) in [6.45, 7) is 2.30. The van der Waals surface area contributed by atoms with Gasteiger partial charge in [-0.3, -0.25) is 9.78 Å². The predicted octanol–water partition coefficient (Wildman–Crippen LogP) is 2.90. The minimum absolute atomic E-state index is 0.0473. The average Bonchev–Trinajstić information content (AvgIpc) is 3.19. The first-order valence-electron chi connectivity index (χ1n) is 6.31. The van der Waals surface area contributed by atoms with Gasteiger partial charge in [0.1, 0.15) is 0 Å². The highest BCUT2D eigenvalue weighted by molar-refractivity contribution is 5.81. The molecule has 18 heavy (non-hydrogen) atoms. The van der Waals surface area contributed by atoms with Crippen molar-refractivity contribution in [1.82, 2.24) is 4.98 Å². The van der Waals surface area contributed by atoms with Crippen molar-refractivity contribution in [2.45, 2.75) is 19.3 Å². The van der Waals surface area contributed by atoms with Gasteiger partial charge in [0.25, 0.3) is 0 Å². The van der Waals surface area contributed by atoms with Crippen LogP contribution in [0.5, 0.6) is 0 Å². The van der Waals surface area contributed by atoms with Crippen LogP contribution in [-0.2, 0) is 9.53 Å².